The highest BCUT2D eigenvalue weighted by Crippen LogP contribution is 2.39. The third kappa shape index (κ3) is 5.39. The van der Waals surface area contributed by atoms with Gasteiger partial charge in [-0.3, -0.25) is 4.79 Å². The highest BCUT2D eigenvalue weighted by molar-refractivity contribution is 6.03. The number of aromatic nitrogens is 3. The van der Waals surface area contributed by atoms with Gasteiger partial charge in [-0.1, -0.05) is 26.8 Å². The van der Waals surface area contributed by atoms with Gasteiger partial charge in [-0.05, 0) is 69.2 Å². The van der Waals surface area contributed by atoms with E-state index in [1.807, 2.05) is 18.2 Å². The second-order valence-corrected chi connectivity index (χ2v) is 9.45. The average molecular weight is 421 g/mol. The van der Waals surface area contributed by atoms with Gasteiger partial charge in [0.2, 0.25) is 0 Å². The first-order valence-electron chi connectivity index (χ1n) is 10.9. The van der Waals surface area contributed by atoms with Crippen molar-refractivity contribution in [2.24, 2.45) is 5.41 Å². The third-order valence-corrected chi connectivity index (χ3v) is 5.79. The number of amides is 1. The fourth-order valence-electron chi connectivity index (χ4n) is 3.65. The molecule has 0 saturated heterocycles. The minimum atomic E-state index is -0.391. The van der Waals surface area contributed by atoms with Crippen LogP contribution in [0.3, 0.4) is 0 Å². The van der Waals surface area contributed by atoms with E-state index >= 15 is 0 Å². The summed E-state index contributed by atoms with van der Waals surface area (Å²) >= 11 is 0. The van der Waals surface area contributed by atoms with Gasteiger partial charge >= 0.3 is 0 Å². The molecule has 0 unspecified atom stereocenters. The van der Waals surface area contributed by atoms with Gasteiger partial charge in [0, 0.05) is 0 Å². The lowest BCUT2D eigenvalue weighted by molar-refractivity contribution is 0.101. The van der Waals surface area contributed by atoms with Crippen LogP contribution in [-0.2, 0) is 5.54 Å². The molecule has 0 atom stereocenters. The SMILES string of the molecule is CCCNC(C)(C)c1ccc(NC(=O)c2ncc(C#N)[nH]2)c(C2=CCC(C)(C)CC2)n1. The van der Waals surface area contributed by atoms with Crippen molar-refractivity contribution < 1.29 is 4.79 Å². The van der Waals surface area contributed by atoms with Gasteiger partial charge in [-0.25, -0.2) is 9.97 Å². The van der Waals surface area contributed by atoms with Crippen molar-refractivity contribution in [3.63, 3.8) is 0 Å². The molecule has 31 heavy (non-hydrogen) atoms. The molecule has 0 aliphatic heterocycles. The zero-order valence-electron chi connectivity index (χ0n) is 19.1. The van der Waals surface area contributed by atoms with Crippen LogP contribution in [0.25, 0.3) is 5.57 Å². The molecule has 0 saturated carbocycles. The molecule has 0 aromatic carbocycles. The van der Waals surface area contributed by atoms with E-state index in [-0.39, 0.29) is 22.5 Å². The van der Waals surface area contributed by atoms with Crippen LogP contribution in [0, 0.1) is 16.7 Å². The predicted molar refractivity (Wildman–Crippen MR) is 122 cm³/mol. The Kier molecular flexibility index (Phi) is 6.61. The molecule has 0 spiro atoms. The van der Waals surface area contributed by atoms with Gasteiger partial charge in [0.25, 0.3) is 5.91 Å². The normalized spacial score (nSPS) is 15.8. The number of imidazole rings is 1. The Morgan fingerprint density at radius 1 is 1.35 bits per heavy atom. The number of carbonyl (C=O) groups is 1. The third-order valence-electron chi connectivity index (χ3n) is 5.79. The molecule has 3 rings (SSSR count). The molecule has 7 heteroatoms. The van der Waals surface area contributed by atoms with Crippen LogP contribution in [0.2, 0.25) is 0 Å². The highest BCUT2D eigenvalue weighted by atomic mass is 16.2. The molecule has 1 amide bonds. The Morgan fingerprint density at radius 3 is 2.74 bits per heavy atom. The smallest absolute Gasteiger partial charge is 0.291 e. The van der Waals surface area contributed by atoms with E-state index in [1.165, 1.54) is 6.20 Å². The maximum absolute atomic E-state index is 12.7. The summed E-state index contributed by atoms with van der Waals surface area (Å²) in [7, 11) is 0. The number of anilines is 1. The average Bonchev–Trinajstić information content (AvgIpc) is 3.22. The first-order chi connectivity index (χ1) is 14.6. The summed E-state index contributed by atoms with van der Waals surface area (Å²) in [4.78, 5) is 24.5. The fourth-order valence-corrected chi connectivity index (χ4v) is 3.65. The zero-order valence-corrected chi connectivity index (χ0v) is 19.1. The van der Waals surface area contributed by atoms with Crippen molar-refractivity contribution in [1.29, 1.82) is 5.26 Å². The fraction of sp³-hybridized carbons (Fsp3) is 0.500. The number of rotatable bonds is 7. The lowest BCUT2D eigenvalue weighted by atomic mass is 9.77. The molecular weight excluding hydrogens is 388 g/mol. The van der Waals surface area contributed by atoms with Gasteiger partial charge in [-0.2, -0.15) is 5.26 Å². The lowest BCUT2D eigenvalue weighted by Gasteiger charge is -2.30. The Hall–Kier alpha value is -2.98. The van der Waals surface area contributed by atoms with Crippen LogP contribution in [-0.4, -0.2) is 27.4 Å². The summed E-state index contributed by atoms with van der Waals surface area (Å²) in [5, 5.41) is 15.5. The number of H-pyrrole nitrogens is 1. The largest absolute Gasteiger partial charge is 0.326 e. The second kappa shape index (κ2) is 9.03. The van der Waals surface area contributed by atoms with Gasteiger partial charge in [0.05, 0.1) is 28.8 Å². The Morgan fingerprint density at radius 2 is 2.13 bits per heavy atom. The van der Waals surface area contributed by atoms with Crippen LogP contribution >= 0.6 is 0 Å². The molecule has 2 aromatic heterocycles. The molecule has 1 aliphatic rings. The number of allylic oxidation sites excluding steroid dienone is 2. The maximum Gasteiger partial charge on any atom is 0.291 e. The number of pyridine rings is 1. The number of nitrogens with one attached hydrogen (secondary N) is 3. The molecule has 164 valence electrons. The minimum Gasteiger partial charge on any atom is -0.326 e. The van der Waals surface area contributed by atoms with E-state index in [1.54, 1.807) is 0 Å². The Balaban J connectivity index is 1.97. The number of nitriles is 1. The summed E-state index contributed by atoms with van der Waals surface area (Å²) in [6.07, 6.45) is 7.60. The molecule has 0 radical (unpaired) electrons. The topological polar surface area (TPSA) is 106 Å². The summed E-state index contributed by atoms with van der Waals surface area (Å²) in [6, 6.07) is 5.82. The predicted octanol–water partition coefficient (Wildman–Crippen LogP) is 4.76. The summed E-state index contributed by atoms with van der Waals surface area (Å²) < 4.78 is 0. The minimum absolute atomic E-state index is 0.107. The van der Waals surface area contributed by atoms with Gasteiger partial charge < -0.3 is 15.6 Å². The molecule has 3 N–H and O–H groups in total. The summed E-state index contributed by atoms with van der Waals surface area (Å²) in [6.45, 7) is 11.8. The number of aromatic amines is 1. The van der Waals surface area contributed by atoms with Crippen molar-refractivity contribution in [3.8, 4) is 6.07 Å². The van der Waals surface area contributed by atoms with E-state index in [2.05, 4.69) is 61.3 Å². The standard InChI is InChI=1S/C24H32N6O/c1-6-13-27-24(4,5)19-8-7-18(29-22(31)21-26-15-17(14-25)28-21)20(30-19)16-9-11-23(2,3)12-10-16/h7-9,15,27H,6,10-13H2,1-5H3,(H,26,28)(H,29,31). The molecule has 2 heterocycles. The molecule has 7 nitrogen and oxygen atoms in total. The van der Waals surface area contributed by atoms with E-state index in [9.17, 15) is 4.79 Å². The molecule has 1 aliphatic carbocycles. The maximum atomic E-state index is 12.7. The molecule has 2 aromatic rings. The molecular formula is C24H32N6O. The highest BCUT2D eigenvalue weighted by Gasteiger charge is 2.27. The quantitative estimate of drug-likeness (QED) is 0.599. The van der Waals surface area contributed by atoms with Crippen LogP contribution in [0.15, 0.2) is 24.4 Å². The van der Waals surface area contributed by atoms with Crippen molar-refractivity contribution in [2.45, 2.75) is 65.8 Å². The number of nitrogens with zero attached hydrogens (tertiary/aromatic N) is 3. The van der Waals surface area contributed by atoms with Crippen LogP contribution in [0.4, 0.5) is 5.69 Å². The number of hydrogen-bond acceptors (Lipinski definition) is 5. The van der Waals surface area contributed by atoms with Crippen LogP contribution < -0.4 is 10.6 Å². The van der Waals surface area contributed by atoms with Crippen molar-refractivity contribution in [2.75, 3.05) is 11.9 Å². The van der Waals surface area contributed by atoms with Crippen molar-refractivity contribution >= 4 is 17.2 Å². The second-order valence-electron chi connectivity index (χ2n) is 9.45. The van der Waals surface area contributed by atoms with Crippen LogP contribution in [0.5, 0.6) is 0 Å². The molecule has 0 fully saturated rings. The molecule has 0 bridgehead atoms. The van der Waals surface area contributed by atoms with Crippen molar-refractivity contribution in [1.82, 2.24) is 20.3 Å². The van der Waals surface area contributed by atoms with Gasteiger partial charge in [0.1, 0.15) is 11.8 Å². The first kappa shape index (κ1) is 22.7. The summed E-state index contributed by atoms with van der Waals surface area (Å²) in [5.74, 6) is -0.285. The van der Waals surface area contributed by atoms with Gasteiger partial charge in [-0.15, -0.1) is 0 Å². The van der Waals surface area contributed by atoms with E-state index in [0.717, 1.165) is 49.2 Å². The summed E-state index contributed by atoms with van der Waals surface area (Å²) in [5.41, 5.74) is 3.78. The zero-order chi connectivity index (χ0) is 22.6. The van der Waals surface area contributed by atoms with E-state index in [4.69, 9.17) is 10.2 Å². The van der Waals surface area contributed by atoms with E-state index < -0.39 is 5.91 Å². The van der Waals surface area contributed by atoms with Gasteiger partial charge in [0.15, 0.2) is 5.82 Å². The number of carbonyl (C=O) groups excluding carboxylic acids is 1. The number of hydrogen-bond donors (Lipinski definition) is 3. The monoisotopic (exact) mass is 420 g/mol. The van der Waals surface area contributed by atoms with E-state index in [0.29, 0.717) is 5.69 Å². The van der Waals surface area contributed by atoms with Crippen LogP contribution in [0.1, 0.15) is 88.0 Å². The first-order valence-corrected chi connectivity index (χ1v) is 10.9. The Labute approximate surface area is 184 Å². The van der Waals surface area contributed by atoms with Crippen molar-refractivity contribution in [3.05, 3.63) is 47.3 Å². The lowest BCUT2D eigenvalue weighted by Crippen LogP contribution is -2.38. The Bertz CT molecular complexity index is 1020.